The minimum atomic E-state index is 0. The third kappa shape index (κ3) is 3.57. The second-order valence-corrected chi connectivity index (χ2v) is 5.76. The molecule has 5 aliphatic heterocycles. The summed E-state index contributed by atoms with van der Waals surface area (Å²) in [6.45, 7) is 0. The highest BCUT2D eigenvalue weighted by molar-refractivity contribution is 6.14. The lowest BCUT2D eigenvalue weighted by atomic mass is 10.2. The molecule has 0 aromatic rings. The number of fused-ring (bicyclic) bond motifs is 4. The molecule has 8 bridgehead atoms. The highest BCUT2D eigenvalue weighted by Crippen LogP contribution is 2.20. The SMILES string of the molecule is C1=CC2=NC1=CC1=NC(=CC3=NC(=CC4=NC(=C2)C=C4)C=C3)C=C1.Cl.Cl. The fourth-order valence-corrected chi connectivity index (χ4v) is 2.83. The summed E-state index contributed by atoms with van der Waals surface area (Å²) >= 11 is 0. The number of halogens is 2. The van der Waals surface area contributed by atoms with Gasteiger partial charge < -0.3 is 0 Å². The average Bonchev–Trinajstić information content (AvgIpc) is 3.32. The third-order valence-corrected chi connectivity index (χ3v) is 3.92. The first-order chi connectivity index (χ1) is 11.8. The van der Waals surface area contributed by atoms with Crippen LogP contribution in [0.4, 0.5) is 0 Å². The average molecular weight is 381 g/mol. The smallest absolute Gasteiger partial charge is 0.0659 e. The molecule has 128 valence electrons. The van der Waals surface area contributed by atoms with Gasteiger partial charge in [0, 0.05) is 0 Å². The van der Waals surface area contributed by atoms with E-state index >= 15 is 0 Å². The van der Waals surface area contributed by atoms with E-state index in [1.807, 2.05) is 72.9 Å². The van der Waals surface area contributed by atoms with Gasteiger partial charge in [-0.3, -0.25) is 0 Å². The lowest BCUT2D eigenvalue weighted by Crippen LogP contribution is -1.89. The summed E-state index contributed by atoms with van der Waals surface area (Å²) in [5.74, 6) is 0. The Morgan fingerprint density at radius 2 is 0.577 bits per heavy atom. The van der Waals surface area contributed by atoms with Crippen molar-refractivity contribution in [3.63, 3.8) is 0 Å². The Balaban J connectivity index is 0.000000980. The van der Waals surface area contributed by atoms with E-state index in [0.717, 1.165) is 45.6 Å². The van der Waals surface area contributed by atoms with Crippen LogP contribution in [0.3, 0.4) is 0 Å². The van der Waals surface area contributed by atoms with Gasteiger partial charge in [-0.25, -0.2) is 20.0 Å². The highest BCUT2D eigenvalue weighted by Gasteiger charge is 2.11. The van der Waals surface area contributed by atoms with Crippen LogP contribution in [0.1, 0.15) is 0 Å². The summed E-state index contributed by atoms with van der Waals surface area (Å²) in [5, 5.41) is 0. The molecular weight excluding hydrogens is 367 g/mol. The summed E-state index contributed by atoms with van der Waals surface area (Å²) in [6, 6.07) is 0. The van der Waals surface area contributed by atoms with E-state index in [2.05, 4.69) is 20.0 Å². The van der Waals surface area contributed by atoms with E-state index in [0.29, 0.717) is 0 Å². The maximum Gasteiger partial charge on any atom is 0.0659 e. The zero-order valence-corrected chi connectivity index (χ0v) is 15.2. The van der Waals surface area contributed by atoms with Gasteiger partial charge in [-0.2, -0.15) is 0 Å². The highest BCUT2D eigenvalue weighted by atomic mass is 35.5. The maximum absolute atomic E-state index is 4.59. The van der Waals surface area contributed by atoms with Crippen LogP contribution >= 0.6 is 24.8 Å². The van der Waals surface area contributed by atoms with Crippen LogP contribution in [-0.2, 0) is 0 Å². The minimum Gasteiger partial charge on any atom is -0.249 e. The quantitative estimate of drug-likeness (QED) is 0.597. The fourth-order valence-electron chi connectivity index (χ4n) is 2.83. The predicted octanol–water partition coefficient (Wildman–Crippen LogP) is 4.42. The van der Waals surface area contributed by atoms with E-state index in [1.165, 1.54) is 0 Å². The van der Waals surface area contributed by atoms with Gasteiger partial charge in [0.25, 0.3) is 0 Å². The Kier molecular flexibility index (Phi) is 4.98. The standard InChI is InChI=1S/C20H12N4.2ClH/c1-2-14-10-16-5-6-18(23-16)12-20-8-7-19(24-20)11-17-4-3-15(22-17)9-13(1)21-14;;/h1-12H;2*1H. The number of aliphatic imine (C=N–C) groups is 4. The lowest BCUT2D eigenvalue weighted by Gasteiger charge is -1.94. The van der Waals surface area contributed by atoms with Crippen LogP contribution in [0.15, 0.2) is 116 Å². The molecule has 0 saturated carbocycles. The van der Waals surface area contributed by atoms with Gasteiger partial charge in [0.05, 0.1) is 45.6 Å². The summed E-state index contributed by atoms with van der Waals surface area (Å²) < 4.78 is 0. The number of hydrogen-bond donors (Lipinski definition) is 0. The van der Waals surface area contributed by atoms with E-state index in [9.17, 15) is 0 Å². The van der Waals surface area contributed by atoms with Crippen LogP contribution in [0.25, 0.3) is 0 Å². The molecule has 0 spiro atoms. The Bertz CT molecular complexity index is 852. The molecule has 5 aliphatic rings. The van der Waals surface area contributed by atoms with Crippen molar-refractivity contribution in [1.82, 2.24) is 0 Å². The first kappa shape index (κ1) is 18.0. The third-order valence-electron chi connectivity index (χ3n) is 3.92. The van der Waals surface area contributed by atoms with Gasteiger partial charge in [0.15, 0.2) is 0 Å². The van der Waals surface area contributed by atoms with E-state index in [-0.39, 0.29) is 24.8 Å². The summed E-state index contributed by atoms with van der Waals surface area (Å²) in [6.07, 6.45) is 23.8. The summed E-state index contributed by atoms with van der Waals surface area (Å²) in [7, 11) is 0. The van der Waals surface area contributed by atoms with E-state index in [1.54, 1.807) is 0 Å². The monoisotopic (exact) mass is 380 g/mol. The Morgan fingerprint density at radius 1 is 0.346 bits per heavy atom. The largest absolute Gasteiger partial charge is 0.249 e. The molecule has 0 amide bonds. The first-order valence-corrected chi connectivity index (χ1v) is 7.74. The predicted molar refractivity (Wildman–Crippen MR) is 113 cm³/mol. The molecule has 0 aromatic heterocycles. The maximum atomic E-state index is 4.59. The van der Waals surface area contributed by atoms with Gasteiger partial charge in [0.2, 0.25) is 0 Å². The molecule has 0 aliphatic carbocycles. The van der Waals surface area contributed by atoms with Crippen LogP contribution in [0, 0.1) is 0 Å². The van der Waals surface area contributed by atoms with E-state index in [4.69, 9.17) is 0 Å². The Hall–Kier alpha value is -2.82. The van der Waals surface area contributed by atoms with E-state index < -0.39 is 0 Å². The number of rotatable bonds is 0. The van der Waals surface area contributed by atoms with Crippen molar-refractivity contribution in [2.45, 2.75) is 0 Å². The normalized spacial score (nSPS) is 20.9. The van der Waals surface area contributed by atoms with Gasteiger partial charge in [-0.05, 0) is 72.9 Å². The van der Waals surface area contributed by atoms with Crippen LogP contribution < -0.4 is 0 Å². The molecule has 0 unspecified atom stereocenters. The second kappa shape index (κ2) is 7.20. The molecule has 0 N–H and O–H groups in total. The topological polar surface area (TPSA) is 49.4 Å². The van der Waals surface area contributed by atoms with Crippen LogP contribution in [0.5, 0.6) is 0 Å². The molecule has 5 heterocycles. The minimum absolute atomic E-state index is 0. The van der Waals surface area contributed by atoms with Gasteiger partial charge in [-0.1, -0.05) is 0 Å². The van der Waals surface area contributed by atoms with Crippen molar-refractivity contribution in [2.24, 2.45) is 20.0 Å². The molecule has 4 nitrogen and oxygen atoms in total. The molecule has 0 atom stereocenters. The number of allylic oxidation sites excluding steroid dienone is 12. The lowest BCUT2D eigenvalue weighted by molar-refractivity contribution is 1.41. The van der Waals surface area contributed by atoms with Gasteiger partial charge in [-0.15, -0.1) is 24.8 Å². The molecule has 0 saturated heterocycles. The van der Waals surface area contributed by atoms with Crippen molar-refractivity contribution < 1.29 is 0 Å². The molecule has 0 radical (unpaired) electrons. The van der Waals surface area contributed by atoms with Crippen LogP contribution in [0.2, 0.25) is 0 Å². The first-order valence-electron chi connectivity index (χ1n) is 7.74. The molecular formula is C20H14Cl2N4. The molecule has 6 heteroatoms. The molecule has 0 fully saturated rings. The summed E-state index contributed by atoms with van der Waals surface area (Å²) in [5.41, 5.74) is 7.15. The molecule has 5 rings (SSSR count). The summed E-state index contributed by atoms with van der Waals surface area (Å²) in [4.78, 5) is 18.4. The van der Waals surface area contributed by atoms with Crippen LogP contribution in [-0.4, -0.2) is 22.8 Å². The van der Waals surface area contributed by atoms with Gasteiger partial charge >= 0.3 is 0 Å². The van der Waals surface area contributed by atoms with Gasteiger partial charge in [0.1, 0.15) is 0 Å². The second-order valence-electron chi connectivity index (χ2n) is 5.76. The molecule has 0 aromatic carbocycles. The zero-order chi connectivity index (χ0) is 15.9. The zero-order valence-electron chi connectivity index (χ0n) is 13.5. The Morgan fingerprint density at radius 3 is 0.808 bits per heavy atom. The van der Waals surface area contributed by atoms with Crippen molar-refractivity contribution in [3.05, 3.63) is 95.7 Å². The number of hydrogen-bond acceptors (Lipinski definition) is 4. The van der Waals surface area contributed by atoms with Crippen molar-refractivity contribution >= 4 is 47.7 Å². The van der Waals surface area contributed by atoms with Crippen molar-refractivity contribution in [2.75, 3.05) is 0 Å². The van der Waals surface area contributed by atoms with Crippen molar-refractivity contribution in [1.29, 1.82) is 0 Å². The molecule has 26 heavy (non-hydrogen) atoms. The Labute approximate surface area is 163 Å². The number of nitrogens with zero attached hydrogens (tertiary/aromatic N) is 4. The van der Waals surface area contributed by atoms with Crippen molar-refractivity contribution in [3.8, 4) is 0 Å². The fraction of sp³-hybridized carbons (Fsp3) is 0.